The predicted octanol–water partition coefficient (Wildman–Crippen LogP) is 4.70. The van der Waals surface area contributed by atoms with Gasteiger partial charge in [0, 0.05) is 18.0 Å². The number of benzene rings is 2. The fourth-order valence-corrected chi connectivity index (χ4v) is 6.45. The van der Waals surface area contributed by atoms with Gasteiger partial charge in [0.15, 0.2) is 0 Å². The van der Waals surface area contributed by atoms with Crippen molar-refractivity contribution in [2.45, 2.75) is 56.4 Å². The minimum Gasteiger partial charge on any atom is -0.508 e. The van der Waals surface area contributed by atoms with Crippen LogP contribution >= 0.6 is 0 Å². The fourth-order valence-electron chi connectivity index (χ4n) is 6.45. The third-order valence-corrected chi connectivity index (χ3v) is 7.76. The van der Waals surface area contributed by atoms with Gasteiger partial charge in [-0.05, 0) is 85.5 Å². The number of hydrogen-bond acceptors (Lipinski definition) is 3. The molecule has 1 aliphatic heterocycles. The maximum atomic E-state index is 10.2. The highest BCUT2D eigenvalue weighted by Crippen LogP contribution is 2.56. The van der Waals surface area contributed by atoms with Crippen LogP contribution in [0, 0.1) is 5.92 Å². The van der Waals surface area contributed by atoms with Crippen molar-refractivity contribution in [3.63, 3.8) is 0 Å². The number of piperidine rings is 1. The van der Waals surface area contributed by atoms with E-state index >= 15 is 0 Å². The Kier molecular flexibility index (Phi) is 4.59. The Morgan fingerprint density at radius 3 is 2.96 bits per heavy atom. The average Bonchev–Trinajstić information content (AvgIpc) is 2.74. The van der Waals surface area contributed by atoms with Crippen molar-refractivity contribution < 1.29 is 9.84 Å². The summed E-state index contributed by atoms with van der Waals surface area (Å²) in [6, 6.07) is 15.3. The quantitative estimate of drug-likeness (QED) is 0.838. The maximum Gasteiger partial charge on any atom is 0.119 e. The Bertz CT molecular complexity index is 863. The van der Waals surface area contributed by atoms with Crippen LogP contribution in [-0.4, -0.2) is 36.2 Å². The van der Waals surface area contributed by atoms with Gasteiger partial charge in [-0.1, -0.05) is 31.0 Å². The lowest BCUT2D eigenvalue weighted by molar-refractivity contribution is -0.0107. The average molecular weight is 378 g/mol. The molecule has 148 valence electrons. The molecule has 0 spiro atoms. The molecule has 0 radical (unpaired) electrons. The normalized spacial score (nSPS) is 29.0. The summed E-state index contributed by atoms with van der Waals surface area (Å²) in [4.78, 5) is 2.77. The number of fused-ring (bicyclic) bond motifs is 1. The zero-order valence-corrected chi connectivity index (χ0v) is 16.9. The summed E-state index contributed by atoms with van der Waals surface area (Å²) in [5.74, 6) is 2.14. The first-order valence-corrected chi connectivity index (χ1v) is 10.9. The van der Waals surface area contributed by atoms with Crippen molar-refractivity contribution in [1.82, 2.24) is 4.90 Å². The number of likely N-dealkylation sites (tertiary alicyclic amines) is 1. The highest BCUT2D eigenvalue weighted by atomic mass is 16.5. The Hall–Kier alpha value is -2.00. The summed E-state index contributed by atoms with van der Waals surface area (Å²) in [6.45, 7) is 2.30. The number of ether oxygens (including phenoxy) is 1. The van der Waals surface area contributed by atoms with Crippen LogP contribution in [0.25, 0.3) is 0 Å². The molecule has 3 heteroatoms. The number of methoxy groups -OCH3 is 1. The second-order valence-electron chi connectivity index (χ2n) is 9.01. The molecule has 5 rings (SSSR count). The van der Waals surface area contributed by atoms with E-state index in [-0.39, 0.29) is 0 Å². The molecule has 3 nitrogen and oxygen atoms in total. The van der Waals surface area contributed by atoms with Crippen molar-refractivity contribution >= 4 is 0 Å². The number of aromatic hydroxyl groups is 1. The lowest BCUT2D eigenvalue weighted by atomic mass is 9.52. The van der Waals surface area contributed by atoms with E-state index in [2.05, 4.69) is 35.2 Å². The summed E-state index contributed by atoms with van der Waals surface area (Å²) >= 11 is 0. The lowest BCUT2D eigenvalue weighted by Gasteiger charge is -2.59. The molecule has 0 aromatic heterocycles. The zero-order chi connectivity index (χ0) is 19.1. The van der Waals surface area contributed by atoms with Crippen LogP contribution in [0.4, 0.5) is 0 Å². The molecular weight excluding hydrogens is 346 g/mol. The van der Waals surface area contributed by atoms with E-state index in [1.54, 1.807) is 7.11 Å². The molecule has 28 heavy (non-hydrogen) atoms. The van der Waals surface area contributed by atoms with Gasteiger partial charge in [-0.3, -0.25) is 4.90 Å². The molecule has 0 amide bonds. The number of hydrogen-bond donors (Lipinski definition) is 1. The van der Waals surface area contributed by atoms with Gasteiger partial charge in [0.1, 0.15) is 11.5 Å². The molecule has 2 bridgehead atoms. The van der Waals surface area contributed by atoms with Gasteiger partial charge >= 0.3 is 0 Å². The first-order valence-electron chi connectivity index (χ1n) is 10.9. The van der Waals surface area contributed by atoms with E-state index < -0.39 is 0 Å². The van der Waals surface area contributed by atoms with E-state index in [9.17, 15) is 5.11 Å². The number of phenols is 1. The topological polar surface area (TPSA) is 32.7 Å². The zero-order valence-electron chi connectivity index (χ0n) is 16.9. The molecule has 1 saturated heterocycles. The highest BCUT2D eigenvalue weighted by molar-refractivity contribution is 5.45. The summed E-state index contributed by atoms with van der Waals surface area (Å²) in [5.41, 5.74) is 4.62. The third kappa shape index (κ3) is 2.91. The minimum atomic E-state index is 0.307. The van der Waals surface area contributed by atoms with Crippen molar-refractivity contribution in [1.29, 1.82) is 0 Å². The van der Waals surface area contributed by atoms with Crippen LogP contribution in [0.5, 0.6) is 11.5 Å². The molecule has 2 fully saturated rings. The summed E-state index contributed by atoms with van der Waals surface area (Å²) in [6.07, 6.45) is 8.80. The van der Waals surface area contributed by atoms with Gasteiger partial charge in [-0.2, -0.15) is 0 Å². The molecule has 1 heterocycles. The van der Waals surface area contributed by atoms with Gasteiger partial charge in [-0.25, -0.2) is 0 Å². The van der Waals surface area contributed by atoms with Crippen LogP contribution in [0.3, 0.4) is 0 Å². The Labute approximate surface area is 168 Å². The molecule has 0 unspecified atom stereocenters. The SMILES string of the molecule is COc1cccc(CCN2CC[C@@]34CCCC[C@H]3[C@H]2Cc2ccc(O)cc24)c1. The van der Waals surface area contributed by atoms with Crippen molar-refractivity contribution in [2.24, 2.45) is 5.92 Å². The molecule has 1 N–H and O–H groups in total. The second-order valence-corrected chi connectivity index (χ2v) is 9.01. The van der Waals surface area contributed by atoms with Crippen LogP contribution in [0.15, 0.2) is 42.5 Å². The molecule has 3 atom stereocenters. The van der Waals surface area contributed by atoms with E-state index in [1.165, 1.54) is 55.3 Å². The first-order chi connectivity index (χ1) is 13.7. The van der Waals surface area contributed by atoms with E-state index in [0.717, 1.165) is 31.1 Å². The second kappa shape index (κ2) is 7.11. The van der Waals surface area contributed by atoms with E-state index in [4.69, 9.17) is 4.74 Å². The molecule has 2 aliphatic carbocycles. The lowest BCUT2D eigenvalue weighted by Crippen LogP contribution is -2.61. The van der Waals surface area contributed by atoms with E-state index in [0.29, 0.717) is 17.2 Å². The maximum absolute atomic E-state index is 10.2. The fraction of sp³-hybridized carbons (Fsp3) is 0.520. The van der Waals surface area contributed by atoms with Crippen LogP contribution < -0.4 is 4.74 Å². The summed E-state index contributed by atoms with van der Waals surface area (Å²) < 4.78 is 5.40. The minimum absolute atomic E-state index is 0.307. The molecular formula is C25H31NO2. The van der Waals surface area contributed by atoms with E-state index in [1.807, 2.05) is 12.1 Å². The Balaban J connectivity index is 1.41. The number of nitrogens with zero attached hydrogens (tertiary/aromatic N) is 1. The number of rotatable bonds is 4. The van der Waals surface area contributed by atoms with Gasteiger partial charge < -0.3 is 9.84 Å². The predicted molar refractivity (Wildman–Crippen MR) is 112 cm³/mol. The molecule has 2 aromatic rings. The van der Waals surface area contributed by atoms with Gasteiger partial charge in [0.05, 0.1) is 7.11 Å². The summed E-state index contributed by atoms with van der Waals surface area (Å²) in [7, 11) is 1.74. The Morgan fingerprint density at radius 1 is 1.14 bits per heavy atom. The molecule has 1 saturated carbocycles. The van der Waals surface area contributed by atoms with Crippen molar-refractivity contribution in [3.8, 4) is 11.5 Å². The highest BCUT2D eigenvalue weighted by Gasteiger charge is 2.53. The van der Waals surface area contributed by atoms with Crippen molar-refractivity contribution in [3.05, 3.63) is 59.2 Å². The third-order valence-electron chi connectivity index (χ3n) is 7.76. The Morgan fingerprint density at radius 2 is 2.07 bits per heavy atom. The van der Waals surface area contributed by atoms with Crippen LogP contribution in [0.1, 0.15) is 48.8 Å². The van der Waals surface area contributed by atoms with Gasteiger partial charge in [-0.15, -0.1) is 0 Å². The molecule has 3 aliphatic rings. The standard InChI is InChI=1S/C25H31NO2/c1-28-21-6-4-5-18(15-21)10-13-26-14-12-25-11-3-2-7-22(25)24(26)16-19-8-9-20(27)17-23(19)25/h4-6,8-9,15,17,22,24,27H,2-3,7,10-14,16H2,1H3/t22-,24+,25-/m0/s1. The van der Waals surface area contributed by atoms with Crippen LogP contribution in [0.2, 0.25) is 0 Å². The summed E-state index contributed by atoms with van der Waals surface area (Å²) in [5, 5.41) is 10.2. The molecule has 2 aromatic carbocycles. The smallest absolute Gasteiger partial charge is 0.119 e. The van der Waals surface area contributed by atoms with Gasteiger partial charge in [0.2, 0.25) is 0 Å². The monoisotopic (exact) mass is 377 g/mol. The van der Waals surface area contributed by atoms with Gasteiger partial charge in [0.25, 0.3) is 0 Å². The largest absolute Gasteiger partial charge is 0.508 e. The van der Waals surface area contributed by atoms with Crippen molar-refractivity contribution in [2.75, 3.05) is 20.2 Å². The first kappa shape index (κ1) is 18.1. The van der Waals surface area contributed by atoms with Crippen LogP contribution in [-0.2, 0) is 18.3 Å². The number of phenolic OH excluding ortho intramolecular Hbond substituents is 1.